The third-order valence-corrected chi connectivity index (χ3v) is 5.76. The summed E-state index contributed by atoms with van der Waals surface area (Å²) in [5, 5.41) is 6.77. The third-order valence-electron chi connectivity index (χ3n) is 5.76. The van der Waals surface area contributed by atoms with Crippen molar-refractivity contribution in [2.24, 2.45) is 0 Å². The van der Waals surface area contributed by atoms with E-state index in [1.807, 2.05) is 6.07 Å². The van der Waals surface area contributed by atoms with E-state index < -0.39 is 5.82 Å². The number of nitrogens with one attached hydrogen (secondary N) is 2. The number of aromatic nitrogens is 2. The molecule has 1 aliphatic carbocycles. The highest BCUT2D eigenvalue weighted by molar-refractivity contribution is 5.62. The molecule has 1 aliphatic heterocycles. The highest BCUT2D eigenvalue weighted by Gasteiger charge is 2.18. The van der Waals surface area contributed by atoms with Gasteiger partial charge in [0.1, 0.15) is 11.6 Å². The van der Waals surface area contributed by atoms with E-state index in [0.717, 1.165) is 31.7 Å². The van der Waals surface area contributed by atoms with Gasteiger partial charge in [0.15, 0.2) is 11.6 Å². The Balaban J connectivity index is 1.58. The van der Waals surface area contributed by atoms with Gasteiger partial charge in [-0.3, -0.25) is 0 Å². The van der Waals surface area contributed by atoms with E-state index in [1.165, 1.54) is 51.7 Å². The van der Waals surface area contributed by atoms with Gasteiger partial charge in [-0.05, 0) is 44.2 Å². The zero-order valence-electron chi connectivity index (χ0n) is 17.1. The topological polar surface area (TPSA) is 62.3 Å². The fourth-order valence-corrected chi connectivity index (χ4v) is 4.17. The van der Waals surface area contributed by atoms with Crippen LogP contribution >= 0.6 is 0 Å². The van der Waals surface area contributed by atoms with Gasteiger partial charge in [-0.2, -0.15) is 9.97 Å². The number of anilines is 4. The van der Waals surface area contributed by atoms with Crippen molar-refractivity contribution >= 4 is 23.3 Å². The molecule has 0 atom stereocenters. The molecule has 1 saturated heterocycles. The van der Waals surface area contributed by atoms with Crippen LogP contribution in [0.2, 0.25) is 0 Å². The maximum atomic E-state index is 14.1. The monoisotopic (exact) mass is 399 g/mol. The number of methoxy groups -OCH3 is 1. The molecule has 29 heavy (non-hydrogen) atoms. The van der Waals surface area contributed by atoms with Crippen LogP contribution in [0.15, 0.2) is 24.3 Å². The zero-order chi connectivity index (χ0) is 20.1. The highest BCUT2D eigenvalue weighted by Crippen LogP contribution is 2.28. The van der Waals surface area contributed by atoms with Crippen molar-refractivity contribution in [3.8, 4) is 5.75 Å². The molecule has 0 spiro atoms. The first-order valence-corrected chi connectivity index (χ1v) is 10.7. The SMILES string of the molecule is COc1ccc(Nc2cc(N3CCCCC3)nc(NC3CCCCC3)n2)cc1F. The van der Waals surface area contributed by atoms with E-state index in [1.54, 1.807) is 12.1 Å². The van der Waals surface area contributed by atoms with Crippen molar-refractivity contribution in [3.63, 3.8) is 0 Å². The summed E-state index contributed by atoms with van der Waals surface area (Å²) < 4.78 is 19.1. The normalized spacial score (nSPS) is 17.8. The van der Waals surface area contributed by atoms with Crippen molar-refractivity contribution in [2.45, 2.75) is 57.4 Å². The first-order chi connectivity index (χ1) is 14.2. The Bertz CT molecular complexity index is 819. The van der Waals surface area contributed by atoms with E-state index in [2.05, 4.69) is 20.5 Å². The Labute approximate surface area is 171 Å². The lowest BCUT2D eigenvalue weighted by molar-refractivity contribution is 0.386. The van der Waals surface area contributed by atoms with Gasteiger partial charge in [0.25, 0.3) is 0 Å². The Morgan fingerprint density at radius 3 is 2.48 bits per heavy atom. The molecule has 1 aromatic carbocycles. The summed E-state index contributed by atoms with van der Waals surface area (Å²) in [6, 6.07) is 7.21. The average molecular weight is 400 g/mol. The minimum absolute atomic E-state index is 0.229. The summed E-state index contributed by atoms with van der Waals surface area (Å²) in [7, 11) is 1.46. The van der Waals surface area contributed by atoms with E-state index in [9.17, 15) is 4.39 Å². The number of benzene rings is 1. The van der Waals surface area contributed by atoms with E-state index in [0.29, 0.717) is 23.5 Å². The molecule has 156 valence electrons. The Hall–Kier alpha value is -2.57. The van der Waals surface area contributed by atoms with Gasteiger partial charge in [0.2, 0.25) is 5.95 Å². The van der Waals surface area contributed by atoms with Gasteiger partial charge in [-0.15, -0.1) is 0 Å². The molecule has 0 radical (unpaired) electrons. The Morgan fingerprint density at radius 2 is 1.76 bits per heavy atom. The lowest BCUT2D eigenvalue weighted by Crippen LogP contribution is -2.31. The maximum Gasteiger partial charge on any atom is 0.226 e. The van der Waals surface area contributed by atoms with Gasteiger partial charge in [0.05, 0.1) is 7.11 Å². The van der Waals surface area contributed by atoms with Crippen molar-refractivity contribution in [1.29, 1.82) is 0 Å². The number of rotatable bonds is 6. The Kier molecular flexibility index (Phi) is 6.32. The molecular weight excluding hydrogens is 369 g/mol. The molecule has 1 aromatic heterocycles. The fraction of sp³-hybridized carbons (Fsp3) is 0.545. The maximum absolute atomic E-state index is 14.1. The van der Waals surface area contributed by atoms with E-state index in [-0.39, 0.29) is 5.75 Å². The molecule has 6 nitrogen and oxygen atoms in total. The van der Waals surface area contributed by atoms with Crippen LogP contribution in [-0.2, 0) is 0 Å². The third kappa shape index (κ3) is 5.08. The number of piperidine rings is 1. The molecular formula is C22H30FN5O. The zero-order valence-corrected chi connectivity index (χ0v) is 17.1. The lowest BCUT2D eigenvalue weighted by atomic mass is 9.96. The van der Waals surface area contributed by atoms with Gasteiger partial charge in [-0.1, -0.05) is 19.3 Å². The predicted octanol–water partition coefficient (Wildman–Crippen LogP) is 5.10. The van der Waals surface area contributed by atoms with E-state index >= 15 is 0 Å². The van der Waals surface area contributed by atoms with Crippen LogP contribution in [0.25, 0.3) is 0 Å². The number of hydrogen-bond donors (Lipinski definition) is 2. The van der Waals surface area contributed by atoms with Crippen LogP contribution in [-0.4, -0.2) is 36.2 Å². The smallest absolute Gasteiger partial charge is 0.226 e. The molecule has 1 saturated carbocycles. The quantitative estimate of drug-likeness (QED) is 0.704. The minimum atomic E-state index is -0.400. The summed E-state index contributed by atoms with van der Waals surface area (Å²) in [5.74, 6) is 2.07. The largest absolute Gasteiger partial charge is 0.494 e. The molecule has 0 bridgehead atoms. The molecule has 4 rings (SSSR count). The molecule has 0 amide bonds. The molecule has 7 heteroatoms. The number of nitrogens with zero attached hydrogens (tertiary/aromatic N) is 3. The van der Waals surface area contributed by atoms with Gasteiger partial charge >= 0.3 is 0 Å². The van der Waals surface area contributed by atoms with Crippen LogP contribution in [0.4, 0.5) is 27.7 Å². The molecule has 2 heterocycles. The average Bonchev–Trinajstić information content (AvgIpc) is 2.75. The second-order valence-electron chi connectivity index (χ2n) is 7.94. The van der Waals surface area contributed by atoms with Crippen molar-refractivity contribution in [1.82, 2.24) is 9.97 Å². The highest BCUT2D eigenvalue weighted by atomic mass is 19.1. The lowest BCUT2D eigenvalue weighted by Gasteiger charge is -2.29. The van der Waals surface area contributed by atoms with Crippen LogP contribution in [0.3, 0.4) is 0 Å². The standard InChI is InChI=1S/C22H30FN5O/c1-29-19-11-10-17(14-18(19)23)24-20-15-21(28-12-6-3-7-13-28)27-22(26-20)25-16-8-4-2-5-9-16/h10-11,14-16H,2-9,12-13H2,1H3,(H2,24,25,26,27). The first-order valence-electron chi connectivity index (χ1n) is 10.7. The van der Waals surface area contributed by atoms with Crippen molar-refractivity contribution in [2.75, 3.05) is 35.7 Å². The van der Waals surface area contributed by atoms with Crippen LogP contribution in [0.5, 0.6) is 5.75 Å². The van der Waals surface area contributed by atoms with Crippen LogP contribution in [0, 0.1) is 5.82 Å². The summed E-state index contributed by atoms with van der Waals surface area (Å²) >= 11 is 0. The van der Waals surface area contributed by atoms with Gasteiger partial charge < -0.3 is 20.3 Å². The molecule has 2 aliphatic rings. The van der Waals surface area contributed by atoms with Crippen molar-refractivity contribution < 1.29 is 9.13 Å². The Morgan fingerprint density at radius 1 is 1.00 bits per heavy atom. The summed E-state index contributed by atoms with van der Waals surface area (Å²) in [5.41, 5.74) is 0.634. The molecule has 0 unspecified atom stereocenters. The van der Waals surface area contributed by atoms with Gasteiger partial charge in [0, 0.05) is 37.0 Å². The van der Waals surface area contributed by atoms with Crippen LogP contribution < -0.4 is 20.3 Å². The molecule has 2 fully saturated rings. The second-order valence-corrected chi connectivity index (χ2v) is 7.94. The van der Waals surface area contributed by atoms with Crippen molar-refractivity contribution in [3.05, 3.63) is 30.1 Å². The predicted molar refractivity (Wildman–Crippen MR) is 115 cm³/mol. The fourth-order valence-electron chi connectivity index (χ4n) is 4.17. The molecule has 2 N–H and O–H groups in total. The number of ether oxygens (including phenoxy) is 1. The summed E-state index contributed by atoms with van der Waals surface area (Å²) in [4.78, 5) is 11.8. The number of halogens is 1. The molecule has 2 aromatic rings. The van der Waals surface area contributed by atoms with E-state index in [4.69, 9.17) is 9.72 Å². The number of hydrogen-bond acceptors (Lipinski definition) is 6. The van der Waals surface area contributed by atoms with Gasteiger partial charge in [-0.25, -0.2) is 4.39 Å². The minimum Gasteiger partial charge on any atom is -0.494 e. The second kappa shape index (κ2) is 9.29. The summed E-state index contributed by atoms with van der Waals surface area (Å²) in [6.45, 7) is 2.02. The summed E-state index contributed by atoms with van der Waals surface area (Å²) in [6.07, 6.45) is 9.75. The van der Waals surface area contributed by atoms with Crippen LogP contribution in [0.1, 0.15) is 51.4 Å². The first kappa shape index (κ1) is 19.7.